The van der Waals surface area contributed by atoms with Crippen molar-refractivity contribution in [2.75, 3.05) is 19.6 Å². The molecule has 19 heavy (non-hydrogen) atoms. The molecule has 0 aliphatic carbocycles. The van der Waals surface area contributed by atoms with Crippen LogP contribution in [0.4, 0.5) is 0 Å². The van der Waals surface area contributed by atoms with Gasteiger partial charge in [0.25, 0.3) is 0 Å². The molecule has 0 bridgehead atoms. The number of hydrogen-bond acceptors (Lipinski definition) is 4. The Labute approximate surface area is 111 Å². The Bertz CT molecular complexity index is 369. The summed E-state index contributed by atoms with van der Waals surface area (Å²) in [5.41, 5.74) is 0. The predicted octanol–water partition coefficient (Wildman–Crippen LogP) is -0.382. The third-order valence-electron chi connectivity index (χ3n) is 3.11. The van der Waals surface area contributed by atoms with E-state index >= 15 is 0 Å². The third kappa shape index (κ3) is 4.86. The van der Waals surface area contributed by atoms with Crippen molar-refractivity contribution in [2.45, 2.75) is 26.3 Å². The van der Waals surface area contributed by atoms with E-state index in [9.17, 15) is 14.4 Å². The molecule has 0 radical (unpaired) electrons. The number of aliphatic carboxylic acids is 2. The smallest absolute Gasteiger partial charge is 0.317 e. The lowest BCUT2D eigenvalue weighted by atomic mass is 9.94. The molecule has 108 valence electrons. The number of carbonyl (C=O) groups excluding carboxylic acids is 1. The van der Waals surface area contributed by atoms with Gasteiger partial charge in [-0.3, -0.25) is 19.3 Å². The SMILES string of the molecule is CC(C)C(=O)NC1CC(C(=O)O)CN(CC(=O)O)C1. The minimum absolute atomic E-state index is 0.147. The second-order valence-corrected chi connectivity index (χ2v) is 5.22. The minimum Gasteiger partial charge on any atom is -0.481 e. The quantitative estimate of drug-likeness (QED) is 0.629. The van der Waals surface area contributed by atoms with Crippen molar-refractivity contribution in [3.8, 4) is 0 Å². The number of carboxylic acid groups (broad SMARTS) is 2. The van der Waals surface area contributed by atoms with Gasteiger partial charge in [-0.05, 0) is 6.42 Å². The van der Waals surface area contributed by atoms with Gasteiger partial charge in [0.2, 0.25) is 5.91 Å². The molecule has 7 heteroatoms. The van der Waals surface area contributed by atoms with E-state index in [1.165, 1.54) is 0 Å². The summed E-state index contributed by atoms with van der Waals surface area (Å²) < 4.78 is 0. The Hall–Kier alpha value is -1.63. The van der Waals surface area contributed by atoms with Crippen LogP contribution < -0.4 is 5.32 Å². The van der Waals surface area contributed by atoms with Crippen LogP contribution in [0.2, 0.25) is 0 Å². The standard InChI is InChI=1S/C12H20N2O5/c1-7(2)11(17)13-9-3-8(12(18)19)4-14(5-9)6-10(15)16/h7-9H,3-6H2,1-2H3,(H,13,17)(H,15,16)(H,18,19). The molecule has 0 aromatic carbocycles. The summed E-state index contributed by atoms with van der Waals surface area (Å²) in [7, 11) is 0. The molecule has 2 atom stereocenters. The normalized spacial score (nSPS) is 24.2. The molecule has 7 nitrogen and oxygen atoms in total. The molecule has 1 rings (SSSR count). The van der Waals surface area contributed by atoms with Gasteiger partial charge in [-0.1, -0.05) is 13.8 Å². The summed E-state index contributed by atoms with van der Waals surface area (Å²) in [5, 5.41) is 20.6. The fourth-order valence-electron chi connectivity index (χ4n) is 2.16. The van der Waals surface area contributed by atoms with Crippen molar-refractivity contribution in [2.24, 2.45) is 11.8 Å². The molecule has 3 N–H and O–H groups in total. The summed E-state index contributed by atoms with van der Waals surface area (Å²) in [6.07, 6.45) is 0.337. The maximum Gasteiger partial charge on any atom is 0.317 e. The number of carbonyl (C=O) groups is 3. The monoisotopic (exact) mass is 272 g/mol. The number of carboxylic acids is 2. The van der Waals surface area contributed by atoms with Gasteiger partial charge in [-0.2, -0.15) is 0 Å². The fraction of sp³-hybridized carbons (Fsp3) is 0.750. The molecule has 1 aliphatic rings. The van der Waals surface area contributed by atoms with Gasteiger partial charge in [0, 0.05) is 25.0 Å². The van der Waals surface area contributed by atoms with Crippen LogP contribution in [0.1, 0.15) is 20.3 Å². The maximum atomic E-state index is 11.6. The van der Waals surface area contributed by atoms with E-state index < -0.39 is 17.9 Å². The number of nitrogens with one attached hydrogen (secondary N) is 1. The van der Waals surface area contributed by atoms with Crippen LogP contribution in [0.25, 0.3) is 0 Å². The third-order valence-corrected chi connectivity index (χ3v) is 3.11. The van der Waals surface area contributed by atoms with Crippen LogP contribution in [0.15, 0.2) is 0 Å². The highest BCUT2D eigenvalue weighted by Crippen LogP contribution is 2.17. The Morgan fingerprint density at radius 2 is 1.89 bits per heavy atom. The van der Waals surface area contributed by atoms with Gasteiger partial charge in [-0.25, -0.2) is 0 Å². The van der Waals surface area contributed by atoms with Gasteiger partial charge >= 0.3 is 11.9 Å². The number of piperidine rings is 1. The summed E-state index contributed by atoms with van der Waals surface area (Å²) in [6.45, 7) is 3.87. The molecule has 0 aromatic heterocycles. The molecule has 1 fully saturated rings. The summed E-state index contributed by atoms with van der Waals surface area (Å²) >= 11 is 0. The van der Waals surface area contributed by atoms with Gasteiger partial charge in [-0.15, -0.1) is 0 Å². The van der Waals surface area contributed by atoms with E-state index in [4.69, 9.17) is 10.2 Å². The van der Waals surface area contributed by atoms with Gasteiger partial charge in [0.15, 0.2) is 0 Å². The minimum atomic E-state index is -1.00. The highest BCUT2D eigenvalue weighted by Gasteiger charge is 2.33. The molecule has 0 saturated carbocycles. The van der Waals surface area contributed by atoms with Crippen molar-refractivity contribution < 1.29 is 24.6 Å². The van der Waals surface area contributed by atoms with E-state index in [-0.39, 0.29) is 31.0 Å². The first-order valence-corrected chi connectivity index (χ1v) is 6.27. The van der Waals surface area contributed by atoms with Crippen LogP contribution >= 0.6 is 0 Å². The fourth-order valence-corrected chi connectivity index (χ4v) is 2.16. The summed E-state index contributed by atoms with van der Waals surface area (Å²) in [4.78, 5) is 34.9. The van der Waals surface area contributed by atoms with Crippen LogP contribution in [0, 0.1) is 11.8 Å². The Morgan fingerprint density at radius 1 is 1.26 bits per heavy atom. The lowest BCUT2D eigenvalue weighted by Crippen LogP contribution is -2.53. The first-order valence-electron chi connectivity index (χ1n) is 6.27. The number of rotatable bonds is 5. The average molecular weight is 272 g/mol. The first-order chi connectivity index (χ1) is 8.79. The number of hydrogen-bond donors (Lipinski definition) is 3. The van der Waals surface area contributed by atoms with Gasteiger partial charge < -0.3 is 15.5 Å². The highest BCUT2D eigenvalue weighted by atomic mass is 16.4. The Morgan fingerprint density at radius 3 is 2.37 bits per heavy atom. The Balaban J connectivity index is 2.67. The Kier molecular flexibility index (Phi) is 5.29. The maximum absolute atomic E-state index is 11.6. The van der Waals surface area contributed by atoms with Crippen molar-refractivity contribution in [1.29, 1.82) is 0 Å². The molecule has 1 aliphatic heterocycles. The van der Waals surface area contributed by atoms with Crippen molar-refractivity contribution in [1.82, 2.24) is 10.2 Å². The highest BCUT2D eigenvalue weighted by molar-refractivity contribution is 5.78. The van der Waals surface area contributed by atoms with E-state index in [1.54, 1.807) is 18.7 Å². The van der Waals surface area contributed by atoms with Crippen LogP contribution in [-0.4, -0.2) is 58.6 Å². The van der Waals surface area contributed by atoms with E-state index in [0.717, 1.165) is 0 Å². The zero-order chi connectivity index (χ0) is 14.6. The van der Waals surface area contributed by atoms with Gasteiger partial charge in [0.05, 0.1) is 12.5 Å². The second kappa shape index (κ2) is 6.51. The van der Waals surface area contributed by atoms with E-state index in [0.29, 0.717) is 13.0 Å². The molecular formula is C12H20N2O5. The number of likely N-dealkylation sites (tertiary alicyclic amines) is 1. The topological polar surface area (TPSA) is 107 Å². The molecule has 2 unspecified atom stereocenters. The van der Waals surface area contributed by atoms with Crippen molar-refractivity contribution in [3.63, 3.8) is 0 Å². The first kappa shape index (κ1) is 15.4. The summed E-state index contributed by atoms with van der Waals surface area (Å²) in [6, 6.07) is -0.316. The van der Waals surface area contributed by atoms with Crippen LogP contribution in [-0.2, 0) is 14.4 Å². The van der Waals surface area contributed by atoms with Crippen LogP contribution in [0.5, 0.6) is 0 Å². The number of nitrogens with zero attached hydrogens (tertiary/aromatic N) is 1. The van der Waals surface area contributed by atoms with Crippen LogP contribution in [0.3, 0.4) is 0 Å². The lowest BCUT2D eigenvalue weighted by molar-refractivity contribution is -0.147. The molecule has 1 saturated heterocycles. The zero-order valence-corrected chi connectivity index (χ0v) is 11.1. The molecule has 0 spiro atoms. The average Bonchev–Trinajstić information content (AvgIpc) is 2.27. The van der Waals surface area contributed by atoms with E-state index in [2.05, 4.69) is 5.32 Å². The van der Waals surface area contributed by atoms with Crippen molar-refractivity contribution >= 4 is 17.8 Å². The molecular weight excluding hydrogens is 252 g/mol. The van der Waals surface area contributed by atoms with Crippen molar-refractivity contribution in [3.05, 3.63) is 0 Å². The van der Waals surface area contributed by atoms with E-state index in [1.807, 2.05) is 0 Å². The molecule has 1 amide bonds. The predicted molar refractivity (Wildman–Crippen MR) is 66.6 cm³/mol. The second-order valence-electron chi connectivity index (χ2n) is 5.22. The molecule has 0 aromatic rings. The van der Waals surface area contributed by atoms with Gasteiger partial charge in [0.1, 0.15) is 0 Å². The number of amides is 1. The lowest BCUT2D eigenvalue weighted by Gasteiger charge is -2.35. The largest absolute Gasteiger partial charge is 0.481 e. The zero-order valence-electron chi connectivity index (χ0n) is 11.1. The summed E-state index contributed by atoms with van der Waals surface area (Å²) in [5.74, 6) is -2.94. The molecule has 1 heterocycles.